The van der Waals surface area contributed by atoms with Gasteiger partial charge in [-0.3, -0.25) is 0 Å². The molecule has 0 aliphatic heterocycles. The minimum atomic E-state index is -1.06. The molecule has 106 valence electrons. The van der Waals surface area contributed by atoms with Crippen molar-refractivity contribution in [2.24, 2.45) is 0 Å². The molecule has 0 radical (unpaired) electrons. The molecule has 1 N–H and O–H groups in total. The zero-order chi connectivity index (χ0) is 14.5. The highest BCUT2D eigenvalue weighted by Crippen LogP contribution is 2.11. The summed E-state index contributed by atoms with van der Waals surface area (Å²) in [5.74, 6) is -1.06. The van der Waals surface area contributed by atoms with E-state index in [0.29, 0.717) is 25.3 Å². The molecule has 6 nitrogen and oxygen atoms in total. The number of benzene rings is 1. The predicted molar refractivity (Wildman–Crippen MR) is 72.8 cm³/mol. The minimum Gasteiger partial charge on any atom is -0.476 e. The zero-order valence-electron chi connectivity index (χ0n) is 11.5. The van der Waals surface area contributed by atoms with Crippen LogP contribution in [0.5, 0.6) is 0 Å². The lowest BCUT2D eigenvalue weighted by Gasteiger charge is -2.07. The number of carboxylic acid groups (broad SMARTS) is 1. The number of methoxy groups -OCH3 is 1. The van der Waals surface area contributed by atoms with Gasteiger partial charge in [0.15, 0.2) is 5.69 Å². The van der Waals surface area contributed by atoms with Gasteiger partial charge in [-0.25, -0.2) is 9.48 Å². The number of hydrogen-bond donors (Lipinski definition) is 1. The predicted octanol–water partition coefficient (Wildman–Crippen LogP) is 1.52. The summed E-state index contributed by atoms with van der Waals surface area (Å²) in [5.41, 5.74) is 2.79. The van der Waals surface area contributed by atoms with E-state index in [4.69, 9.17) is 9.84 Å². The first-order chi connectivity index (χ1) is 9.61. The van der Waals surface area contributed by atoms with E-state index < -0.39 is 5.97 Å². The van der Waals surface area contributed by atoms with Crippen LogP contribution in [0.4, 0.5) is 0 Å². The van der Waals surface area contributed by atoms with Crippen molar-refractivity contribution in [1.29, 1.82) is 0 Å². The third-order valence-corrected chi connectivity index (χ3v) is 3.00. The van der Waals surface area contributed by atoms with Crippen LogP contribution in [0, 0.1) is 6.92 Å². The first-order valence-corrected chi connectivity index (χ1v) is 6.32. The van der Waals surface area contributed by atoms with Crippen LogP contribution in [0.25, 0.3) is 0 Å². The molecule has 2 aromatic rings. The van der Waals surface area contributed by atoms with Crippen molar-refractivity contribution >= 4 is 5.97 Å². The molecular weight excluding hydrogens is 258 g/mol. The number of aromatic nitrogens is 3. The molecule has 0 aliphatic rings. The Morgan fingerprint density at radius 2 is 2.25 bits per heavy atom. The summed E-state index contributed by atoms with van der Waals surface area (Å²) in [4.78, 5) is 11.1. The standard InChI is InChI=1S/C14H17N3O3/c1-10-4-3-5-11(8-10)9-17-12(6-7-20-2)13(14(18)19)15-16-17/h3-5,8H,6-7,9H2,1-2H3,(H,18,19). The molecule has 0 bridgehead atoms. The van der Waals surface area contributed by atoms with Gasteiger partial charge in [0.2, 0.25) is 0 Å². The molecule has 20 heavy (non-hydrogen) atoms. The number of hydrogen-bond acceptors (Lipinski definition) is 4. The average molecular weight is 275 g/mol. The molecule has 0 amide bonds. The fourth-order valence-electron chi connectivity index (χ4n) is 2.06. The van der Waals surface area contributed by atoms with Crippen LogP contribution in [-0.2, 0) is 17.7 Å². The van der Waals surface area contributed by atoms with Gasteiger partial charge >= 0.3 is 5.97 Å². The number of aromatic carboxylic acids is 1. The van der Waals surface area contributed by atoms with Crippen LogP contribution < -0.4 is 0 Å². The number of nitrogens with zero attached hydrogens (tertiary/aromatic N) is 3. The van der Waals surface area contributed by atoms with Gasteiger partial charge in [-0.1, -0.05) is 35.0 Å². The Hall–Kier alpha value is -2.21. The Labute approximate surface area is 117 Å². The molecule has 6 heteroatoms. The lowest BCUT2D eigenvalue weighted by Crippen LogP contribution is -2.11. The maximum Gasteiger partial charge on any atom is 0.358 e. The van der Waals surface area contributed by atoms with Gasteiger partial charge in [-0.15, -0.1) is 5.10 Å². The second kappa shape index (κ2) is 6.29. The van der Waals surface area contributed by atoms with Crippen LogP contribution in [-0.4, -0.2) is 39.8 Å². The van der Waals surface area contributed by atoms with E-state index in [0.717, 1.165) is 11.1 Å². The lowest BCUT2D eigenvalue weighted by molar-refractivity contribution is 0.0688. The van der Waals surface area contributed by atoms with Gasteiger partial charge in [-0.2, -0.15) is 0 Å². The molecule has 0 aliphatic carbocycles. The van der Waals surface area contributed by atoms with Gasteiger partial charge in [-0.05, 0) is 12.5 Å². The maximum atomic E-state index is 11.1. The van der Waals surface area contributed by atoms with Crippen LogP contribution >= 0.6 is 0 Å². The first kappa shape index (κ1) is 14.2. The van der Waals surface area contributed by atoms with Crippen molar-refractivity contribution in [3.63, 3.8) is 0 Å². The second-order valence-corrected chi connectivity index (χ2v) is 4.58. The maximum absolute atomic E-state index is 11.1. The minimum absolute atomic E-state index is 0.00490. The number of carboxylic acids is 1. The fourth-order valence-corrected chi connectivity index (χ4v) is 2.06. The molecule has 1 aromatic carbocycles. The van der Waals surface area contributed by atoms with Gasteiger partial charge in [0, 0.05) is 13.5 Å². The lowest BCUT2D eigenvalue weighted by atomic mass is 10.1. The Morgan fingerprint density at radius 3 is 2.90 bits per heavy atom. The fraction of sp³-hybridized carbons (Fsp3) is 0.357. The van der Waals surface area contributed by atoms with E-state index in [-0.39, 0.29) is 5.69 Å². The average Bonchev–Trinajstić information content (AvgIpc) is 2.79. The highest BCUT2D eigenvalue weighted by Gasteiger charge is 2.18. The summed E-state index contributed by atoms with van der Waals surface area (Å²) in [6.45, 7) is 2.95. The molecule has 0 saturated heterocycles. The number of aryl methyl sites for hydroxylation is 1. The van der Waals surface area contributed by atoms with Crippen molar-refractivity contribution in [2.45, 2.75) is 19.9 Å². The van der Waals surface area contributed by atoms with E-state index in [9.17, 15) is 4.79 Å². The van der Waals surface area contributed by atoms with Crippen molar-refractivity contribution in [1.82, 2.24) is 15.0 Å². The molecule has 0 spiro atoms. The van der Waals surface area contributed by atoms with Crippen LogP contribution in [0.1, 0.15) is 27.3 Å². The largest absolute Gasteiger partial charge is 0.476 e. The molecule has 0 saturated carbocycles. The summed E-state index contributed by atoms with van der Waals surface area (Å²) in [7, 11) is 1.58. The summed E-state index contributed by atoms with van der Waals surface area (Å²) >= 11 is 0. The van der Waals surface area contributed by atoms with Gasteiger partial charge in [0.1, 0.15) is 0 Å². The van der Waals surface area contributed by atoms with Crippen LogP contribution in [0.3, 0.4) is 0 Å². The Balaban J connectivity index is 2.28. The van der Waals surface area contributed by atoms with Crippen LogP contribution in [0.15, 0.2) is 24.3 Å². The summed E-state index contributed by atoms with van der Waals surface area (Å²) in [6, 6.07) is 8.01. The van der Waals surface area contributed by atoms with Gasteiger partial charge < -0.3 is 9.84 Å². The Bertz CT molecular complexity index is 607. The first-order valence-electron chi connectivity index (χ1n) is 6.32. The van der Waals surface area contributed by atoms with Gasteiger partial charge in [0.05, 0.1) is 18.8 Å². The number of ether oxygens (including phenoxy) is 1. The highest BCUT2D eigenvalue weighted by molar-refractivity contribution is 5.86. The number of carbonyl (C=O) groups is 1. The third-order valence-electron chi connectivity index (χ3n) is 3.00. The van der Waals surface area contributed by atoms with E-state index >= 15 is 0 Å². The molecule has 0 unspecified atom stereocenters. The zero-order valence-corrected chi connectivity index (χ0v) is 11.5. The number of rotatable bonds is 6. The molecule has 0 atom stereocenters. The molecule has 1 heterocycles. The smallest absolute Gasteiger partial charge is 0.358 e. The van der Waals surface area contributed by atoms with Crippen LogP contribution in [0.2, 0.25) is 0 Å². The van der Waals surface area contributed by atoms with Crippen molar-refractivity contribution in [2.75, 3.05) is 13.7 Å². The second-order valence-electron chi connectivity index (χ2n) is 4.58. The molecule has 1 aromatic heterocycles. The molecule has 2 rings (SSSR count). The summed E-state index contributed by atoms with van der Waals surface area (Å²) in [6.07, 6.45) is 0.469. The Kier molecular flexibility index (Phi) is 4.47. The third kappa shape index (κ3) is 3.21. The topological polar surface area (TPSA) is 77.2 Å². The highest BCUT2D eigenvalue weighted by atomic mass is 16.5. The van der Waals surface area contributed by atoms with Crippen molar-refractivity contribution in [3.8, 4) is 0 Å². The molecular formula is C14H17N3O3. The monoisotopic (exact) mass is 275 g/mol. The normalized spacial score (nSPS) is 10.7. The SMILES string of the molecule is COCCc1c(C(=O)O)nnn1Cc1cccc(C)c1. The Morgan fingerprint density at radius 1 is 1.45 bits per heavy atom. The summed E-state index contributed by atoms with van der Waals surface area (Å²) < 4.78 is 6.63. The van der Waals surface area contributed by atoms with Crippen molar-refractivity contribution < 1.29 is 14.6 Å². The van der Waals surface area contributed by atoms with E-state index in [2.05, 4.69) is 10.3 Å². The molecule has 0 fully saturated rings. The summed E-state index contributed by atoms with van der Waals surface area (Å²) in [5, 5.41) is 16.8. The van der Waals surface area contributed by atoms with E-state index in [1.807, 2.05) is 31.2 Å². The van der Waals surface area contributed by atoms with E-state index in [1.165, 1.54) is 0 Å². The van der Waals surface area contributed by atoms with Crippen molar-refractivity contribution in [3.05, 3.63) is 46.8 Å². The van der Waals surface area contributed by atoms with Gasteiger partial charge in [0.25, 0.3) is 0 Å². The van der Waals surface area contributed by atoms with E-state index in [1.54, 1.807) is 11.8 Å². The quantitative estimate of drug-likeness (QED) is 0.865.